The number of sulfonamides is 1. The summed E-state index contributed by atoms with van der Waals surface area (Å²) in [6.45, 7) is 0.624. The summed E-state index contributed by atoms with van der Waals surface area (Å²) in [5.41, 5.74) is 0.715. The molecule has 2 N–H and O–H groups in total. The third-order valence-electron chi connectivity index (χ3n) is 4.67. The quantitative estimate of drug-likeness (QED) is 0.731. The van der Waals surface area contributed by atoms with Crippen molar-refractivity contribution in [1.29, 1.82) is 0 Å². The first kappa shape index (κ1) is 21.6. The van der Waals surface area contributed by atoms with Crippen LogP contribution < -0.4 is 19.5 Å². The Morgan fingerprint density at radius 1 is 1.00 bits per heavy atom. The first-order chi connectivity index (χ1) is 14.4. The molecule has 0 saturated heterocycles. The molecule has 2 aromatic carbocycles. The van der Waals surface area contributed by atoms with Crippen molar-refractivity contribution in [2.24, 2.45) is 4.99 Å². The standard InChI is InChI=1S/C21H25N3O5S/c1-28-18-11-10-15(13-19(18)29-2)21(25)23-16-7-6-8-17(14-16)30(26,27)24-20-9-4-3-5-12-22-20/h6-8,10-11,13-14H,3-5,9,12H2,1-2H3,(H,22,24)(H,23,25). The van der Waals surface area contributed by atoms with E-state index in [0.29, 0.717) is 41.6 Å². The summed E-state index contributed by atoms with van der Waals surface area (Å²) in [5.74, 6) is 1.02. The van der Waals surface area contributed by atoms with E-state index in [1.807, 2.05) is 0 Å². The molecule has 0 spiro atoms. The van der Waals surface area contributed by atoms with Crippen LogP contribution >= 0.6 is 0 Å². The van der Waals surface area contributed by atoms with E-state index >= 15 is 0 Å². The zero-order valence-electron chi connectivity index (χ0n) is 17.0. The van der Waals surface area contributed by atoms with Crippen LogP contribution in [0.5, 0.6) is 11.5 Å². The molecular weight excluding hydrogens is 406 g/mol. The van der Waals surface area contributed by atoms with Crippen molar-refractivity contribution in [3.05, 3.63) is 48.0 Å². The molecule has 0 aromatic heterocycles. The molecule has 9 heteroatoms. The van der Waals surface area contributed by atoms with Gasteiger partial charge in [0.2, 0.25) is 0 Å². The molecule has 2 aromatic rings. The van der Waals surface area contributed by atoms with Gasteiger partial charge >= 0.3 is 0 Å². The van der Waals surface area contributed by atoms with Gasteiger partial charge in [-0.1, -0.05) is 12.5 Å². The van der Waals surface area contributed by atoms with E-state index in [4.69, 9.17) is 9.47 Å². The molecule has 1 aliphatic heterocycles. The Hall–Kier alpha value is -3.07. The van der Waals surface area contributed by atoms with Crippen LogP contribution in [0.4, 0.5) is 5.69 Å². The van der Waals surface area contributed by atoms with Gasteiger partial charge in [-0.15, -0.1) is 0 Å². The number of amides is 1. The minimum Gasteiger partial charge on any atom is -0.493 e. The van der Waals surface area contributed by atoms with Crippen LogP contribution in [-0.2, 0) is 10.0 Å². The Balaban J connectivity index is 1.76. The predicted molar refractivity (Wildman–Crippen MR) is 115 cm³/mol. The van der Waals surface area contributed by atoms with E-state index in [1.54, 1.807) is 30.3 Å². The topological polar surface area (TPSA) is 106 Å². The minimum atomic E-state index is -3.79. The number of nitrogens with zero attached hydrogens (tertiary/aromatic N) is 1. The fourth-order valence-electron chi connectivity index (χ4n) is 3.09. The number of methoxy groups -OCH3 is 2. The zero-order valence-corrected chi connectivity index (χ0v) is 17.8. The average molecular weight is 432 g/mol. The van der Waals surface area contributed by atoms with Gasteiger partial charge in [0.1, 0.15) is 5.84 Å². The SMILES string of the molecule is COc1ccc(C(=O)Nc2cccc(S(=O)(=O)NC3=NCCCCC3)c2)cc1OC. The van der Waals surface area contributed by atoms with Crippen molar-refractivity contribution in [2.45, 2.75) is 30.6 Å². The highest BCUT2D eigenvalue weighted by Gasteiger charge is 2.18. The molecule has 0 unspecified atom stereocenters. The summed E-state index contributed by atoms with van der Waals surface area (Å²) in [7, 11) is -0.790. The van der Waals surface area contributed by atoms with Crippen molar-refractivity contribution < 1.29 is 22.7 Å². The average Bonchev–Trinajstić information content (AvgIpc) is 3.01. The van der Waals surface area contributed by atoms with E-state index in [1.165, 1.54) is 26.4 Å². The number of carbonyl (C=O) groups is 1. The fourth-order valence-corrected chi connectivity index (χ4v) is 4.23. The van der Waals surface area contributed by atoms with Crippen LogP contribution in [0.1, 0.15) is 36.0 Å². The maximum Gasteiger partial charge on any atom is 0.262 e. The summed E-state index contributed by atoms with van der Waals surface area (Å²) in [6.07, 6.45) is 3.51. The molecule has 0 aliphatic carbocycles. The Labute approximate surface area is 176 Å². The van der Waals surface area contributed by atoms with Crippen LogP contribution in [0.15, 0.2) is 52.4 Å². The number of hydrogen-bond acceptors (Lipinski definition) is 6. The molecule has 1 heterocycles. The van der Waals surface area contributed by atoms with E-state index in [-0.39, 0.29) is 4.90 Å². The predicted octanol–water partition coefficient (Wildman–Crippen LogP) is 3.21. The molecule has 0 bridgehead atoms. The number of ether oxygens (including phenoxy) is 2. The van der Waals surface area contributed by atoms with Crippen molar-refractivity contribution in [2.75, 3.05) is 26.1 Å². The van der Waals surface area contributed by atoms with Crippen LogP contribution in [0, 0.1) is 0 Å². The van der Waals surface area contributed by atoms with Crippen LogP contribution in [0.2, 0.25) is 0 Å². The van der Waals surface area contributed by atoms with Gasteiger partial charge in [-0.05, 0) is 49.2 Å². The highest BCUT2D eigenvalue weighted by atomic mass is 32.2. The molecule has 8 nitrogen and oxygen atoms in total. The number of rotatable bonds is 6. The normalized spacial score (nSPS) is 14.3. The first-order valence-electron chi connectivity index (χ1n) is 9.62. The van der Waals surface area contributed by atoms with E-state index < -0.39 is 15.9 Å². The lowest BCUT2D eigenvalue weighted by Crippen LogP contribution is -2.30. The van der Waals surface area contributed by atoms with E-state index in [9.17, 15) is 13.2 Å². The highest BCUT2D eigenvalue weighted by molar-refractivity contribution is 7.90. The molecule has 160 valence electrons. The fraction of sp³-hybridized carbons (Fsp3) is 0.333. The number of aliphatic imine (C=N–C) groups is 1. The van der Waals surface area contributed by atoms with Gasteiger partial charge in [0, 0.05) is 24.2 Å². The molecule has 1 amide bonds. The number of carbonyl (C=O) groups excluding carboxylic acids is 1. The Bertz CT molecular complexity index is 1050. The van der Waals surface area contributed by atoms with Gasteiger partial charge in [0.15, 0.2) is 11.5 Å². The maximum atomic E-state index is 12.7. The number of hydrogen-bond donors (Lipinski definition) is 2. The van der Waals surface area contributed by atoms with Gasteiger partial charge < -0.3 is 14.8 Å². The van der Waals surface area contributed by atoms with Gasteiger partial charge in [0.25, 0.3) is 15.9 Å². The Kier molecular flexibility index (Phi) is 6.94. The van der Waals surface area contributed by atoms with E-state index in [0.717, 1.165) is 19.3 Å². The molecular formula is C21H25N3O5S. The maximum absolute atomic E-state index is 12.7. The summed E-state index contributed by atoms with van der Waals surface area (Å²) < 4.78 is 38.4. The lowest BCUT2D eigenvalue weighted by molar-refractivity contribution is 0.102. The third kappa shape index (κ3) is 5.29. The van der Waals surface area contributed by atoms with Gasteiger partial charge in [-0.3, -0.25) is 14.5 Å². The molecule has 0 radical (unpaired) electrons. The lowest BCUT2D eigenvalue weighted by Gasteiger charge is -2.12. The number of anilines is 1. The van der Waals surface area contributed by atoms with Crippen molar-refractivity contribution >= 4 is 27.5 Å². The molecule has 30 heavy (non-hydrogen) atoms. The van der Waals surface area contributed by atoms with E-state index in [2.05, 4.69) is 15.0 Å². The summed E-state index contributed by atoms with van der Waals surface area (Å²) in [5, 5.41) is 2.72. The Morgan fingerprint density at radius 3 is 2.57 bits per heavy atom. The number of nitrogens with one attached hydrogen (secondary N) is 2. The van der Waals surface area contributed by atoms with Crippen LogP contribution in [-0.4, -0.2) is 40.9 Å². The van der Waals surface area contributed by atoms with Crippen LogP contribution in [0.3, 0.4) is 0 Å². The zero-order chi connectivity index (χ0) is 21.6. The minimum absolute atomic E-state index is 0.0551. The number of amidine groups is 1. The second-order valence-corrected chi connectivity index (χ2v) is 8.48. The van der Waals surface area contributed by atoms with Crippen molar-refractivity contribution in [3.63, 3.8) is 0 Å². The lowest BCUT2D eigenvalue weighted by atomic mass is 10.2. The smallest absolute Gasteiger partial charge is 0.262 e. The molecule has 0 atom stereocenters. The second kappa shape index (κ2) is 9.62. The number of benzene rings is 2. The summed E-state index contributed by atoms with van der Waals surface area (Å²) in [6, 6.07) is 10.9. The van der Waals surface area contributed by atoms with Gasteiger partial charge in [-0.2, -0.15) is 0 Å². The van der Waals surface area contributed by atoms with Gasteiger partial charge in [-0.25, -0.2) is 8.42 Å². The highest BCUT2D eigenvalue weighted by Crippen LogP contribution is 2.28. The molecule has 1 aliphatic rings. The third-order valence-corrected chi connectivity index (χ3v) is 6.05. The first-order valence-corrected chi connectivity index (χ1v) is 11.1. The molecule has 3 rings (SSSR count). The monoisotopic (exact) mass is 431 g/mol. The largest absolute Gasteiger partial charge is 0.493 e. The van der Waals surface area contributed by atoms with Crippen LogP contribution in [0.25, 0.3) is 0 Å². The molecule has 0 saturated carbocycles. The summed E-state index contributed by atoms with van der Waals surface area (Å²) >= 11 is 0. The second-order valence-electron chi connectivity index (χ2n) is 6.80. The van der Waals surface area contributed by atoms with Crippen molar-refractivity contribution in [3.8, 4) is 11.5 Å². The summed E-state index contributed by atoms with van der Waals surface area (Å²) in [4.78, 5) is 17.0. The van der Waals surface area contributed by atoms with Crippen molar-refractivity contribution in [1.82, 2.24) is 4.72 Å². The Morgan fingerprint density at radius 2 is 1.80 bits per heavy atom. The van der Waals surface area contributed by atoms with Gasteiger partial charge in [0.05, 0.1) is 19.1 Å². The molecule has 0 fully saturated rings.